The van der Waals surface area contributed by atoms with Gasteiger partial charge in [-0.1, -0.05) is 23.7 Å². The largest absolute Gasteiger partial charge is 0.573 e. The molecule has 0 spiro atoms. The van der Waals surface area contributed by atoms with E-state index < -0.39 is 12.5 Å². The minimum absolute atomic E-state index is 0. The number of aliphatic hydroxyl groups excluding tert-OH is 1. The Balaban J connectivity index is 0.00000338. The Bertz CT molecular complexity index is 725. The van der Waals surface area contributed by atoms with Gasteiger partial charge in [0.05, 0.1) is 12.6 Å². The van der Waals surface area contributed by atoms with Gasteiger partial charge in [0.25, 0.3) is 0 Å². The summed E-state index contributed by atoms with van der Waals surface area (Å²) in [5.41, 5.74) is 6.75. The lowest BCUT2D eigenvalue weighted by Gasteiger charge is -2.11. The first-order valence-electron chi connectivity index (χ1n) is 7.09. The molecule has 0 aromatic heterocycles. The van der Waals surface area contributed by atoms with Crippen molar-refractivity contribution in [3.8, 4) is 5.75 Å². The zero-order chi connectivity index (χ0) is 18.4. The monoisotopic (exact) mass is 501 g/mol. The standard InChI is InChI=1S/C16H15ClF3N3O2.HI/c17-11-3-1-10(2-4-11)14(24)9-22-15(21)23-12-5-7-13(8-6-12)25-16(18,19)20;/h1-8,14,24H,9H2,(H3,21,22,23);1H. The highest BCUT2D eigenvalue weighted by Crippen LogP contribution is 2.24. The third-order valence-electron chi connectivity index (χ3n) is 3.05. The molecule has 0 amide bonds. The molecule has 1 unspecified atom stereocenters. The van der Waals surface area contributed by atoms with Crippen molar-refractivity contribution in [2.24, 2.45) is 10.7 Å². The van der Waals surface area contributed by atoms with Crippen LogP contribution in [0.25, 0.3) is 0 Å². The highest BCUT2D eigenvalue weighted by molar-refractivity contribution is 14.0. The van der Waals surface area contributed by atoms with Gasteiger partial charge in [-0.25, -0.2) is 0 Å². The van der Waals surface area contributed by atoms with Gasteiger partial charge in [-0.05, 0) is 42.0 Å². The van der Waals surface area contributed by atoms with Crippen LogP contribution < -0.4 is 15.8 Å². The summed E-state index contributed by atoms with van der Waals surface area (Å²) in [7, 11) is 0. The van der Waals surface area contributed by atoms with Gasteiger partial charge >= 0.3 is 6.36 Å². The van der Waals surface area contributed by atoms with E-state index in [0.717, 1.165) is 12.1 Å². The number of guanidine groups is 1. The molecule has 0 aliphatic rings. The van der Waals surface area contributed by atoms with Crippen molar-refractivity contribution in [2.75, 3.05) is 11.9 Å². The predicted octanol–water partition coefficient (Wildman–Crippen LogP) is 4.32. The van der Waals surface area contributed by atoms with Gasteiger partial charge < -0.3 is 20.9 Å². The van der Waals surface area contributed by atoms with Crippen molar-refractivity contribution in [2.45, 2.75) is 12.5 Å². The van der Waals surface area contributed by atoms with Crippen molar-refractivity contribution >= 4 is 47.2 Å². The third kappa shape index (κ3) is 7.67. The second kappa shape index (κ2) is 9.83. The summed E-state index contributed by atoms with van der Waals surface area (Å²) < 4.78 is 40.0. The molecule has 4 N–H and O–H groups in total. The lowest BCUT2D eigenvalue weighted by molar-refractivity contribution is -0.274. The number of ether oxygens (including phenoxy) is 1. The van der Waals surface area contributed by atoms with E-state index in [-0.39, 0.29) is 42.2 Å². The Hall–Kier alpha value is -1.72. The maximum Gasteiger partial charge on any atom is 0.573 e. The number of rotatable bonds is 5. The zero-order valence-electron chi connectivity index (χ0n) is 13.2. The van der Waals surface area contributed by atoms with Crippen LogP contribution in [0.3, 0.4) is 0 Å². The van der Waals surface area contributed by atoms with Crippen LogP contribution in [0.2, 0.25) is 5.02 Å². The molecule has 2 aromatic rings. The Kier molecular flexibility index (Phi) is 8.44. The number of benzene rings is 2. The molecule has 142 valence electrons. The van der Waals surface area contributed by atoms with E-state index in [1.165, 1.54) is 12.1 Å². The van der Waals surface area contributed by atoms with Crippen LogP contribution in [0.1, 0.15) is 11.7 Å². The maximum absolute atomic E-state index is 12.1. The van der Waals surface area contributed by atoms with Gasteiger partial charge in [-0.2, -0.15) is 0 Å². The van der Waals surface area contributed by atoms with E-state index in [1.54, 1.807) is 24.3 Å². The molecular formula is C16H16ClF3IN3O2. The first kappa shape index (κ1) is 22.3. The van der Waals surface area contributed by atoms with E-state index in [4.69, 9.17) is 17.3 Å². The number of aliphatic hydroxyl groups is 1. The van der Waals surface area contributed by atoms with E-state index in [9.17, 15) is 18.3 Å². The van der Waals surface area contributed by atoms with E-state index in [1.807, 2.05) is 0 Å². The second-order valence-electron chi connectivity index (χ2n) is 4.99. The Morgan fingerprint density at radius 3 is 2.27 bits per heavy atom. The van der Waals surface area contributed by atoms with Gasteiger partial charge in [0.15, 0.2) is 5.96 Å². The summed E-state index contributed by atoms with van der Waals surface area (Å²) in [6.07, 6.45) is -5.60. The second-order valence-corrected chi connectivity index (χ2v) is 5.43. The lowest BCUT2D eigenvalue weighted by Crippen LogP contribution is -2.23. The Morgan fingerprint density at radius 2 is 1.73 bits per heavy atom. The van der Waals surface area contributed by atoms with Gasteiger partial charge in [0, 0.05) is 10.7 Å². The molecule has 1 atom stereocenters. The number of nitrogens with one attached hydrogen (secondary N) is 1. The number of aliphatic imine (C=N–C) groups is 1. The van der Waals surface area contributed by atoms with Crippen LogP contribution in [0.4, 0.5) is 18.9 Å². The normalized spacial score (nSPS) is 12.9. The molecule has 0 fully saturated rings. The first-order chi connectivity index (χ1) is 11.7. The SMILES string of the molecule is I.NC(=NCC(O)c1ccc(Cl)cc1)Nc1ccc(OC(F)(F)F)cc1. The van der Waals surface area contributed by atoms with E-state index in [2.05, 4.69) is 15.0 Å². The van der Waals surface area contributed by atoms with Crippen LogP contribution in [-0.2, 0) is 0 Å². The van der Waals surface area contributed by atoms with Crippen LogP contribution in [0, 0.1) is 0 Å². The molecule has 2 rings (SSSR count). The van der Waals surface area contributed by atoms with Crippen LogP contribution in [0.5, 0.6) is 5.75 Å². The first-order valence-corrected chi connectivity index (χ1v) is 7.47. The molecule has 0 aliphatic heterocycles. The fourth-order valence-electron chi connectivity index (χ4n) is 1.90. The summed E-state index contributed by atoms with van der Waals surface area (Å²) in [5, 5.41) is 13.3. The smallest absolute Gasteiger partial charge is 0.406 e. The van der Waals surface area contributed by atoms with Gasteiger partial charge in [0.2, 0.25) is 0 Å². The number of nitrogens with two attached hydrogens (primary N) is 1. The molecule has 26 heavy (non-hydrogen) atoms. The number of nitrogens with zero attached hydrogens (tertiary/aromatic N) is 1. The minimum Gasteiger partial charge on any atom is -0.406 e. The number of hydrogen-bond donors (Lipinski definition) is 3. The summed E-state index contributed by atoms with van der Waals surface area (Å²) in [6, 6.07) is 11.7. The fraction of sp³-hybridized carbons (Fsp3) is 0.188. The summed E-state index contributed by atoms with van der Waals surface area (Å²) in [6.45, 7) is 0.00966. The fourth-order valence-corrected chi connectivity index (χ4v) is 2.03. The highest BCUT2D eigenvalue weighted by atomic mass is 127. The maximum atomic E-state index is 12.1. The van der Waals surface area contributed by atoms with Crippen LogP contribution in [-0.4, -0.2) is 24.0 Å². The van der Waals surface area contributed by atoms with Crippen molar-refractivity contribution in [1.82, 2.24) is 0 Å². The topological polar surface area (TPSA) is 79.9 Å². The predicted molar refractivity (Wildman–Crippen MR) is 105 cm³/mol. The van der Waals surface area contributed by atoms with Gasteiger partial charge in [0.1, 0.15) is 5.75 Å². The summed E-state index contributed by atoms with van der Waals surface area (Å²) >= 11 is 5.77. The molecule has 0 heterocycles. The highest BCUT2D eigenvalue weighted by Gasteiger charge is 2.30. The molecular weight excluding hydrogens is 486 g/mol. The third-order valence-corrected chi connectivity index (χ3v) is 3.30. The minimum atomic E-state index is -4.74. The zero-order valence-corrected chi connectivity index (χ0v) is 16.3. The molecule has 0 radical (unpaired) electrons. The molecule has 5 nitrogen and oxygen atoms in total. The molecule has 0 bridgehead atoms. The van der Waals surface area contributed by atoms with Gasteiger partial charge in [-0.15, -0.1) is 37.1 Å². The molecule has 0 aliphatic carbocycles. The summed E-state index contributed by atoms with van der Waals surface area (Å²) in [5.74, 6) is -0.329. The molecule has 0 saturated carbocycles. The lowest BCUT2D eigenvalue weighted by atomic mass is 10.1. The average molecular weight is 502 g/mol. The van der Waals surface area contributed by atoms with Crippen LogP contribution in [0.15, 0.2) is 53.5 Å². The van der Waals surface area contributed by atoms with E-state index >= 15 is 0 Å². The van der Waals surface area contributed by atoms with Gasteiger partial charge in [-0.3, -0.25) is 4.99 Å². The number of halogens is 5. The van der Waals surface area contributed by atoms with Crippen molar-refractivity contribution < 1.29 is 23.0 Å². The van der Waals surface area contributed by atoms with E-state index in [0.29, 0.717) is 16.3 Å². The molecule has 10 heteroatoms. The van der Waals surface area contributed by atoms with Crippen molar-refractivity contribution in [1.29, 1.82) is 0 Å². The number of anilines is 1. The molecule has 2 aromatic carbocycles. The number of hydrogen-bond acceptors (Lipinski definition) is 3. The van der Waals surface area contributed by atoms with Crippen molar-refractivity contribution in [3.05, 3.63) is 59.1 Å². The molecule has 0 saturated heterocycles. The Morgan fingerprint density at radius 1 is 1.15 bits per heavy atom. The average Bonchev–Trinajstić information content (AvgIpc) is 2.54. The number of alkyl halides is 3. The quantitative estimate of drug-likeness (QED) is 0.324. The Labute approximate surface area is 170 Å². The van der Waals surface area contributed by atoms with Crippen LogP contribution >= 0.6 is 35.6 Å². The summed E-state index contributed by atoms with van der Waals surface area (Å²) in [4.78, 5) is 3.99. The van der Waals surface area contributed by atoms with Crippen molar-refractivity contribution in [3.63, 3.8) is 0 Å².